The average molecular weight is 567 g/mol. The summed E-state index contributed by atoms with van der Waals surface area (Å²) in [5.41, 5.74) is -1.62. The van der Waals surface area contributed by atoms with Gasteiger partial charge in [0.05, 0.1) is 18.2 Å². The van der Waals surface area contributed by atoms with Gasteiger partial charge in [-0.2, -0.15) is 26.3 Å². The molecule has 1 saturated heterocycles. The largest absolute Gasteiger partial charge is 0.453 e. The standard InChI is InChI=1S/C29H28F6N2O3/c1-40-26(38)36-25-12-2-19(3-13-25)18-37-16-14-22(15-17-37)27(39,20-4-8-23(9-5-20)28(30,31)32)21-6-10-24(11-7-21)29(33,34)35/h2-13,22,39H,14-18H2,1H3,(H,36,38). The molecule has 2 N–H and O–H groups in total. The smallest absolute Gasteiger partial charge is 0.416 e. The number of alkyl halides is 6. The highest BCUT2D eigenvalue weighted by atomic mass is 19.4. The van der Waals surface area contributed by atoms with Crippen molar-refractivity contribution in [2.75, 3.05) is 25.5 Å². The minimum atomic E-state index is -4.57. The number of benzene rings is 3. The highest BCUT2D eigenvalue weighted by molar-refractivity contribution is 5.84. The average Bonchev–Trinajstić information content (AvgIpc) is 2.93. The molecule has 1 amide bonds. The van der Waals surface area contributed by atoms with Crippen LogP contribution in [0.3, 0.4) is 0 Å². The van der Waals surface area contributed by atoms with Crippen LogP contribution in [-0.2, 0) is 29.2 Å². The Hall–Kier alpha value is -3.57. The van der Waals surface area contributed by atoms with Crippen LogP contribution in [0.1, 0.15) is 40.7 Å². The van der Waals surface area contributed by atoms with Crippen molar-refractivity contribution in [1.29, 1.82) is 0 Å². The van der Waals surface area contributed by atoms with E-state index in [4.69, 9.17) is 0 Å². The number of nitrogens with zero attached hydrogens (tertiary/aromatic N) is 1. The Morgan fingerprint density at radius 1 is 0.800 bits per heavy atom. The van der Waals surface area contributed by atoms with E-state index in [2.05, 4.69) is 15.0 Å². The molecule has 4 rings (SSSR count). The molecule has 0 atom stereocenters. The predicted octanol–water partition coefficient (Wildman–Crippen LogP) is 7.05. The van der Waals surface area contributed by atoms with Gasteiger partial charge in [0.2, 0.25) is 0 Å². The summed E-state index contributed by atoms with van der Waals surface area (Å²) in [6.45, 7) is 1.69. The van der Waals surface area contributed by atoms with E-state index < -0.39 is 41.1 Å². The van der Waals surface area contributed by atoms with Crippen molar-refractivity contribution >= 4 is 11.8 Å². The molecule has 0 saturated carbocycles. The lowest BCUT2D eigenvalue weighted by atomic mass is 9.71. The molecule has 0 aromatic heterocycles. The third-order valence-corrected chi connectivity index (χ3v) is 7.27. The summed E-state index contributed by atoms with van der Waals surface area (Å²) >= 11 is 0. The normalized spacial score (nSPS) is 15.6. The van der Waals surface area contributed by atoms with Crippen molar-refractivity contribution < 1.29 is 41.0 Å². The number of anilines is 1. The summed E-state index contributed by atoms with van der Waals surface area (Å²) in [4.78, 5) is 13.5. The molecule has 0 bridgehead atoms. The van der Waals surface area contributed by atoms with E-state index in [1.165, 1.54) is 31.4 Å². The SMILES string of the molecule is COC(=O)Nc1ccc(CN2CCC(C(O)(c3ccc(C(F)(F)F)cc3)c3ccc(C(F)(F)F)cc3)CC2)cc1. The Balaban J connectivity index is 1.54. The number of methoxy groups -OCH3 is 1. The molecule has 3 aromatic rings. The Labute approximate surface area is 227 Å². The number of amides is 1. The molecule has 1 aliphatic rings. The first-order valence-electron chi connectivity index (χ1n) is 12.5. The fraction of sp³-hybridized carbons (Fsp3) is 0.345. The van der Waals surface area contributed by atoms with Crippen LogP contribution in [0, 0.1) is 5.92 Å². The van der Waals surface area contributed by atoms with Crippen molar-refractivity contribution in [1.82, 2.24) is 4.90 Å². The quantitative estimate of drug-likeness (QED) is 0.314. The highest BCUT2D eigenvalue weighted by Gasteiger charge is 2.43. The molecule has 0 aliphatic carbocycles. The Morgan fingerprint density at radius 3 is 1.62 bits per heavy atom. The number of hydrogen-bond acceptors (Lipinski definition) is 4. The maximum atomic E-state index is 13.2. The van der Waals surface area contributed by atoms with Crippen molar-refractivity contribution in [3.8, 4) is 0 Å². The summed E-state index contributed by atoms with van der Waals surface area (Å²) in [5, 5.41) is 14.6. The lowest BCUT2D eigenvalue weighted by Crippen LogP contribution is -2.44. The minimum Gasteiger partial charge on any atom is -0.453 e. The van der Waals surface area contributed by atoms with Gasteiger partial charge in [-0.25, -0.2) is 4.79 Å². The zero-order chi connectivity index (χ0) is 29.1. The molecule has 3 aromatic carbocycles. The number of piperidine rings is 1. The first-order chi connectivity index (χ1) is 18.8. The number of halogens is 6. The molecule has 0 unspecified atom stereocenters. The highest BCUT2D eigenvalue weighted by Crippen LogP contribution is 2.44. The van der Waals surface area contributed by atoms with Crippen LogP contribution in [0.5, 0.6) is 0 Å². The molecule has 1 aliphatic heterocycles. The summed E-state index contributed by atoms with van der Waals surface area (Å²) < 4.78 is 83.6. The van der Waals surface area contributed by atoms with E-state index in [9.17, 15) is 36.2 Å². The number of rotatable bonds is 6. The van der Waals surface area contributed by atoms with E-state index >= 15 is 0 Å². The van der Waals surface area contributed by atoms with Gasteiger partial charge >= 0.3 is 18.4 Å². The summed E-state index contributed by atoms with van der Waals surface area (Å²) in [5.74, 6) is -0.455. The predicted molar refractivity (Wildman–Crippen MR) is 136 cm³/mol. The molecular weight excluding hydrogens is 538 g/mol. The third-order valence-electron chi connectivity index (χ3n) is 7.27. The monoisotopic (exact) mass is 566 g/mol. The third kappa shape index (κ3) is 6.59. The fourth-order valence-corrected chi connectivity index (χ4v) is 5.09. The maximum absolute atomic E-state index is 13.2. The molecular formula is C29H28F6N2O3. The van der Waals surface area contributed by atoms with E-state index in [-0.39, 0.29) is 11.1 Å². The molecule has 0 radical (unpaired) electrons. The fourth-order valence-electron chi connectivity index (χ4n) is 5.09. The summed E-state index contributed by atoms with van der Waals surface area (Å²) in [6, 6.07) is 15.5. The first-order valence-corrected chi connectivity index (χ1v) is 12.5. The zero-order valence-corrected chi connectivity index (χ0v) is 21.5. The van der Waals surface area contributed by atoms with E-state index in [0.29, 0.717) is 38.2 Å². The Kier molecular flexibility index (Phi) is 8.46. The molecule has 1 fully saturated rings. The van der Waals surface area contributed by atoms with Crippen LogP contribution in [0.15, 0.2) is 72.8 Å². The van der Waals surface area contributed by atoms with Gasteiger partial charge in [-0.3, -0.25) is 10.2 Å². The Morgan fingerprint density at radius 2 is 1.23 bits per heavy atom. The number of likely N-dealkylation sites (tertiary alicyclic amines) is 1. The molecule has 40 heavy (non-hydrogen) atoms. The lowest BCUT2D eigenvalue weighted by Gasteiger charge is -2.42. The van der Waals surface area contributed by atoms with Gasteiger partial charge in [-0.1, -0.05) is 36.4 Å². The second kappa shape index (κ2) is 11.5. The van der Waals surface area contributed by atoms with Crippen LogP contribution < -0.4 is 5.32 Å². The molecule has 5 nitrogen and oxygen atoms in total. The number of carbonyl (C=O) groups is 1. The van der Waals surface area contributed by atoms with Gasteiger partial charge in [0.25, 0.3) is 0 Å². The number of aliphatic hydroxyl groups is 1. The Bertz CT molecular complexity index is 1220. The van der Waals surface area contributed by atoms with Gasteiger partial charge < -0.3 is 9.84 Å². The van der Waals surface area contributed by atoms with Crippen LogP contribution in [0.2, 0.25) is 0 Å². The van der Waals surface area contributed by atoms with E-state index in [1.807, 2.05) is 12.1 Å². The maximum Gasteiger partial charge on any atom is 0.416 e. The zero-order valence-electron chi connectivity index (χ0n) is 21.5. The molecule has 11 heteroatoms. The van der Waals surface area contributed by atoms with E-state index in [0.717, 1.165) is 29.8 Å². The van der Waals surface area contributed by atoms with Gasteiger partial charge in [-0.15, -0.1) is 0 Å². The van der Waals surface area contributed by atoms with Crippen molar-refractivity contribution in [3.63, 3.8) is 0 Å². The van der Waals surface area contributed by atoms with Crippen LogP contribution in [0.25, 0.3) is 0 Å². The molecule has 1 heterocycles. The topological polar surface area (TPSA) is 61.8 Å². The first kappa shape index (κ1) is 29.4. The number of ether oxygens (including phenoxy) is 1. The minimum absolute atomic E-state index is 0.187. The number of carbonyl (C=O) groups excluding carboxylic acids is 1. The second-order valence-electron chi connectivity index (χ2n) is 9.78. The van der Waals surface area contributed by atoms with E-state index in [1.54, 1.807) is 12.1 Å². The van der Waals surface area contributed by atoms with Crippen LogP contribution in [-0.4, -0.2) is 36.3 Å². The van der Waals surface area contributed by atoms with Gasteiger partial charge in [0.15, 0.2) is 0 Å². The molecule has 0 spiro atoms. The summed E-state index contributed by atoms with van der Waals surface area (Å²) in [6.07, 6.45) is -8.79. The summed E-state index contributed by atoms with van der Waals surface area (Å²) in [7, 11) is 1.27. The van der Waals surface area contributed by atoms with Crippen LogP contribution >= 0.6 is 0 Å². The number of nitrogens with one attached hydrogen (secondary N) is 1. The second-order valence-corrected chi connectivity index (χ2v) is 9.78. The van der Waals surface area contributed by atoms with Gasteiger partial charge in [0, 0.05) is 12.2 Å². The van der Waals surface area contributed by atoms with Gasteiger partial charge in [-0.05, 0) is 84.9 Å². The van der Waals surface area contributed by atoms with Gasteiger partial charge in [0.1, 0.15) is 5.60 Å². The van der Waals surface area contributed by atoms with Crippen molar-refractivity contribution in [2.45, 2.75) is 37.3 Å². The van der Waals surface area contributed by atoms with Crippen molar-refractivity contribution in [3.05, 3.63) is 101 Å². The lowest BCUT2D eigenvalue weighted by molar-refractivity contribution is -0.138. The van der Waals surface area contributed by atoms with Crippen molar-refractivity contribution in [2.24, 2.45) is 5.92 Å². The van der Waals surface area contributed by atoms with Crippen LogP contribution in [0.4, 0.5) is 36.8 Å². The number of hydrogen-bond donors (Lipinski definition) is 2. The molecule has 214 valence electrons.